The van der Waals surface area contributed by atoms with Gasteiger partial charge in [0.05, 0.1) is 0 Å². The van der Waals surface area contributed by atoms with Crippen molar-refractivity contribution in [1.29, 1.82) is 0 Å². The first-order valence-electron chi connectivity index (χ1n) is 3.60. The summed E-state index contributed by atoms with van der Waals surface area (Å²) in [5.41, 5.74) is 0.910. The van der Waals surface area contributed by atoms with Gasteiger partial charge in [-0.05, 0) is 25.2 Å². The Morgan fingerprint density at radius 3 is 3.10 bits per heavy atom. The predicted octanol–water partition coefficient (Wildman–Crippen LogP) is 2.03. The molecule has 0 radical (unpaired) electrons. The maximum Gasteiger partial charge on any atom is 0.240 e. The number of hydrogen-bond acceptors (Lipinski definition) is 2. The van der Waals surface area contributed by atoms with E-state index < -0.39 is 0 Å². The van der Waals surface area contributed by atoms with Crippen molar-refractivity contribution in [3.63, 3.8) is 0 Å². The Morgan fingerprint density at radius 1 is 1.80 bits per heavy atom. The van der Waals surface area contributed by atoms with Crippen LogP contribution in [0.1, 0.15) is 26.2 Å². The first-order chi connectivity index (χ1) is 4.83. The van der Waals surface area contributed by atoms with Gasteiger partial charge in [-0.15, -0.1) is 0 Å². The van der Waals surface area contributed by atoms with Crippen molar-refractivity contribution in [2.24, 2.45) is 10.9 Å². The molecule has 0 N–H and O–H groups in total. The van der Waals surface area contributed by atoms with Crippen LogP contribution in [-0.2, 0) is 4.79 Å². The number of aliphatic imine (C=N–C) groups is 1. The van der Waals surface area contributed by atoms with E-state index in [2.05, 4.69) is 11.9 Å². The van der Waals surface area contributed by atoms with Crippen LogP contribution >= 0.6 is 0 Å². The molecule has 1 aliphatic rings. The van der Waals surface area contributed by atoms with Crippen LogP contribution < -0.4 is 0 Å². The molecule has 1 atom stereocenters. The molecule has 0 spiro atoms. The maximum absolute atomic E-state index is 9.82. The quantitative estimate of drug-likeness (QED) is 0.401. The van der Waals surface area contributed by atoms with Crippen molar-refractivity contribution in [1.82, 2.24) is 0 Å². The van der Waals surface area contributed by atoms with Crippen LogP contribution in [0, 0.1) is 5.92 Å². The lowest BCUT2D eigenvalue weighted by Crippen LogP contribution is -1.99. The summed E-state index contributed by atoms with van der Waals surface area (Å²) in [5.74, 6) is 0.755. The molecule has 0 aromatic carbocycles. The molecule has 0 heterocycles. The molecule has 0 bridgehead atoms. The number of rotatable bonds is 1. The molecule has 2 nitrogen and oxygen atoms in total. The van der Waals surface area contributed by atoms with Crippen LogP contribution in [0.15, 0.2) is 16.8 Å². The van der Waals surface area contributed by atoms with Crippen LogP contribution in [0.4, 0.5) is 0 Å². The molecule has 0 saturated carbocycles. The van der Waals surface area contributed by atoms with Crippen molar-refractivity contribution in [2.45, 2.75) is 26.2 Å². The SMILES string of the molecule is CC1CC=C(N=C=O)CC1. The molecule has 1 aliphatic carbocycles. The molecule has 0 fully saturated rings. The zero-order valence-corrected chi connectivity index (χ0v) is 6.13. The second kappa shape index (κ2) is 3.33. The van der Waals surface area contributed by atoms with Gasteiger partial charge >= 0.3 is 0 Å². The molecule has 2 heteroatoms. The Labute approximate surface area is 60.7 Å². The van der Waals surface area contributed by atoms with Gasteiger partial charge in [0.25, 0.3) is 0 Å². The highest BCUT2D eigenvalue weighted by Crippen LogP contribution is 2.22. The van der Waals surface area contributed by atoms with Crippen LogP contribution in [0.5, 0.6) is 0 Å². The van der Waals surface area contributed by atoms with Crippen molar-refractivity contribution in [3.8, 4) is 0 Å². The van der Waals surface area contributed by atoms with Gasteiger partial charge in [-0.3, -0.25) is 0 Å². The summed E-state index contributed by atoms with van der Waals surface area (Å²) in [6, 6.07) is 0. The van der Waals surface area contributed by atoms with E-state index in [4.69, 9.17) is 0 Å². The zero-order valence-electron chi connectivity index (χ0n) is 6.13. The van der Waals surface area contributed by atoms with Gasteiger partial charge in [0, 0.05) is 5.70 Å². The van der Waals surface area contributed by atoms with E-state index in [1.54, 1.807) is 6.08 Å². The number of isocyanates is 1. The third kappa shape index (κ3) is 1.82. The van der Waals surface area contributed by atoms with Crippen molar-refractivity contribution < 1.29 is 4.79 Å². The average Bonchev–Trinajstić information content (AvgIpc) is 1.95. The monoisotopic (exact) mass is 137 g/mol. The lowest BCUT2D eigenvalue weighted by molar-refractivity contribution is 0.510. The van der Waals surface area contributed by atoms with Gasteiger partial charge in [0.2, 0.25) is 6.08 Å². The second-order valence-corrected chi connectivity index (χ2v) is 2.78. The second-order valence-electron chi connectivity index (χ2n) is 2.78. The zero-order chi connectivity index (χ0) is 7.40. The minimum absolute atomic E-state index is 0.755. The van der Waals surface area contributed by atoms with Crippen LogP contribution in [-0.4, -0.2) is 6.08 Å². The summed E-state index contributed by atoms with van der Waals surface area (Å²) in [4.78, 5) is 13.4. The Balaban J connectivity index is 2.56. The van der Waals surface area contributed by atoms with Gasteiger partial charge in [-0.2, -0.15) is 4.99 Å². The fourth-order valence-corrected chi connectivity index (χ4v) is 1.11. The highest BCUT2D eigenvalue weighted by molar-refractivity contribution is 5.37. The smallest absolute Gasteiger partial charge is 0.211 e. The first kappa shape index (κ1) is 7.23. The third-order valence-corrected chi connectivity index (χ3v) is 1.84. The van der Waals surface area contributed by atoms with E-state index >= 15 is 0 Å². The fraction of sp³-hybridized carbons (Fsp3) is 0.625. The summed E-state index contributed by atoms with van der Waals surface area (Å²) in [7, 11) is 0. The third-order valence-electron chi connectivity index (χ3n) is 1.84. The summed E-state index contributed by atoms with van der Waals surface area (Å²) < 4.78 is 0. The normalized spacial score (nSPS) is 24.9. The average molecular weight is 137 g/mol. The van der Waals surface area contributed by atoms with Crippen molar-refractivity contribution in [3.05, 3.63) is 11.8 Å². The van der Waals surface area contributed by atoms with E-state index in [9.17, 15) is 4.79 Å². The van der Waals surface area contributed by atoms with Crippen LogP contribution in [0.2, 0.25) is 0 Å². The Kier molecular flexibility index (Phi) is 2.41. The van der Waals surface area contributed by atoms with Gasteiger partial charge in [-0.1, -0.05) is 13.0 Å². The van der Waals surface area contributed by atoms with Crippen molar-refractivity contribution >= 4 is 6.08 Å². The molecule has 0 aromatic rings. The molecule has 1 rings (SSSR count). The standard InChI is InChI=1S/C8H11NO/c1-7-2-4-8(5-3-7)9-6-10/h4,7H,2-3,5H2,1H3. The number of nitrogens with zero attached hydrogens (tertiary/aromatic N) is 1. The van der Waals surface area contributed by atoms with Gasteiger partial charge < -0.3 is 0 Å². The lowest BCUT2D eigenvalue weighted by Gasteiger charge is -2.13. The van der Waals surface area contributed by atoms with E-state index in [1.165, 1.54) is 0 Å². The van der Waals surface area contributed by atoms with Gasteiger partial charge in [-0.25, -0.2) is 4.79 Å². The Bertz CT molecular complexity index is 189. The topological polar surface area (TPSA) is 29.4 Å². The molecule has 0 saturated heterocycles. The summed E-state index contributed by atoms with van der Waals surface area (Å²) in [6.07, 6.45) is 6.73. The lowest BCUT2D eigenvalue weighted by atomic mass is 9.95. The van der Waals surface area contributed by atoms with Crippen molar-refractivity contribution in [2.75, 3.05) is 0 Å². The highest BCUT2D eigenvalue weighted by Gasteiger charge is 2.08. The fourth-order valence-electron chi connectivity index (χ4n) is 1.11. The minimum atomic E-state index is 0.755. The Hall–Kier alpha value is -0.880. The molecular weight excluding hydrogens is 126 g/mol. The number of carbonyl (C=O) groups excluding carboxylic acids is 1. The maximum atomic E-state index is 9.82. The van der Waals surface area contributed by atoms with Gasteiger partial charge in [0.1, 0.15) is 0 Å². The summed E-state index contributed by atoms with van der Waals surface area (Å²) in [5, 5.41) is 0. The molecule has 10 heavy (non-hydrogen) atoms. The van der Waals surface area contributed by atoms with Crippen LogP contribution in [0.3, 0.4) is 0 Å². The molecule has 0 aromatic heterocycles. The number of allylic oxidation sites excluding steroid dienone is 2. The summed E-state index contributed by atoms with van der Waals surface area (Å²) in [6.45, 7) is 2.21. The van der Waals surface area contributed by atoms with E-state index in [-0.39, 0.29) is 0 Å². The molecule has 54 valence electrons. The van der Waals surface area contributed by atoms with Crippen LogP contribution in [0.25, 0.3) is 0 Å². The van der Waals surface area contributed by atoms with E-state index in [1.807, 2.05) is 6.08 Å². The number of hydrogen-bond donors (Lipinski definition) is 0. The largest absolute Gasteiger partial charge is 0.240 e. The predicted molar refractivity (Wildman–Crippen MR) is 39.2 cm³/mol. The molecular formula is C8H11NO. The minimum Gasteiger partial charge on any atom is -0.211 e. The first-order valence-corrected chi connectivity index (χ1v) is 3.60. The Morgan fingerprint density at radius 2 is 2.60 bits per heavy atom. The molecule has 1 unspecified atom stereocenters. The van der Waals surface area contributed by atoms with E-state index in [0.29, 0.717) is 0 Å². The summed E-state index contributed by atoms with van der Waals surface area (Å²) >= 11 is 0. The highest BCUT2D eigenvalue weighted by atomic mass is 16.1. The van der Waals surface area contributed by atoms with E-state index in [0.717, 1.165) is 30.9 Å². The molecule has 0 amide bonds. The molecule has 0 aliphatic heterocycles. The van der Waals surface area contributed by atoms with Gasteiger partial charge in [0.15, 0.2) is 0 Å².